The highest BCUT2D eigenvalue weighted by molar-refractivity contribution is 6.04. The number of fused-ring (bicyclic) bond motifs is 1. The molecule has 4 nitrogen and oxygen atoms in total. The van der Waals surface area contributed by atoms with Crippen molar-refractivity contribution in [3.8, 4) is 5.75 Å². The fraction of sp³-hybridized carbons (Fsp3) is 0.235. The van der Waals surface area contributed by atoms with Gasteiger partial charge in [0.2, 0.25) is 0 Å². The Morgan fingerprint density at radius 1 is 1.08 bits per heavy atom. The highest BCUT2D eigenvalue weighted by Gasteiger charge is 2.32. The number of nitrogens with one attached hydrogen (secondary N) is 2. The Bertz CT molecular complexity index is 746. The first-order chi connectivity index (χ1) is 11.4. The van der Waals surface area contributed by atoms with Gasteiger partial charge in [-0.05, 0) is 36.6 Å². The van der Waals surface area contributed by atoms with Gasteiger partial charge in [0.25, 0.3) is 0 Å². The van der Waals surface area contributed by atoms with Crippen LogP contribution in [0.2, 0.25) is 0 Å². The molecule has 1 heterocycles. The summed E-state index contributed by atoms with van der Waals surface area (Å²) in [6.45, 7) is 0.630. The van der Waals surface area contributed by atoms with E-state index in [0.29, 0.717) is 6.54 Å². The quantitative estimate of drug-likeness (QED) is 0.632. The lowest BCUT2D eigenvalue weighted by molar-refractivity contribution is -0.274. The topological polar surface area (TPSA) is 48.4 Å². The Labute approximate surface area is 137 Å². The molecule has 0 saturated carbocycles. The third-order valence-electron chi connectivity index (χ3n) is 3.75. The second-order valence-corrected chi connectivity index (χ2v) is 5.40. The third-order valence-corrected chi connectivity index (χ3v) is 3.75. The van der Waals surface area contributed by atoms with Crippen molar-refractivity contribution in [3.63, 3.8) is 0 Å². The molecule has 126 valence electrons. The van der Waals surface area contributed by atoms with Crippen molar-refractivity contribution in [3.05, 3.63) is 54.1 Å². The van der Waals surface area contributed by atoms with Crippen LogP contribution >= 0.6 is 0 Å². The van der Waals surface area contributed by atoms with Crippen LogP contribution in [0.25, 0.3) is 0 Å². The summed E-state index contributed by atoms with van der Waals surface area (Å²) in [5.74, 6) is -0.347. The number of ether oxygens (including phenoxy) is 1. The van der Waals surface area contributed by atoms with E-state index in [1.165, 1.54) is 18.2 Å². The molecule has 0 saturated heterocycles. The molecule has 0 aliphatic carbocycles. The summed E-state index contributed by atoms with van der Waals surface area (Å²) in [5.41, 5.74) is 2.12. The Balaban J connectivity index is 1.82. The van der Waals surface area contributed by atoms with Crippen molar-refractivity contribution in [1.29, 1.82) is 5.41 Å². The number of hydrogen-bond donors (Lipinski definition) is 2. The lowest BCUT2D eigenvalue weighted by atomic mass is 10.0. The molecule has 0 radical (unpaired) electrons. The van der Waals surface area contributed by atoms with E-state index >= 15 is 0 Å². The zero-order valence-electron chi connectivity index (χ0n) is 12.7. The predicted molar refractivity (Wildman–Crippen MR) is 86.6 cm³/mol. The Hall–Kier alpha value is -2.70. The van der Waals surface area contributed by atoms with E-state index in [1.807, 2.05) is 24.3 Å². The monoisotopic (exact) mass is 335 g/mol. The lowest BCUT2D eigenvalue weighted by Gasteiger charge is -2.31. The molecular formula is C17H16F3N3O. The van der Waals surface area contributed by atoms with E-state index in [-0.39, 0.29) is 17.4 Å². The molecule has 3 rings (SSSR count). The summed E-state index contributed by atoms with van der Waals surface area (Å²) >= 11 is 0. The standard InChI is InChI=1S/C17H16F3N3O/c18-17(19,20)24-15-10-4-2-8-13(15)22-16(21)23-11-5-7-12-6-1-3-9-14(12)23/h1-4,6,8-10H,5,7,11H2,(H2,21,22). The SMILES string of the molecule is N=C(Nc1ccccc1OC(F)(F)F)N1CCCc2ccccc21. The minimum Gasteiger partial charge on any atom is -0.404 e. The molecule has 2 aromatic carbocycles. The molecule has 7 heteroatoms. The van der Waals surface area contributed by atoms with Crippen LogP contribution in [0.5, 0.6) is 5.75 Å². The number of guanidine groups is 1. The van der Waals surface area contributed by atoms with Gasteiger partial charge in [-0.25, -0.2) is 0 Å². The van der Waals surface area contributed by atoms with Crippen LogP contribution in [0.1, 0.15) is 12.0 Å². The number of nitrogens with zero attached hydrogens (tertiary/aromatic N) is 1. The Morgan fingerprint density at radius 3 is 2.58 bits per heavy atom. The van der Waals surface area contributed by atoms with Crippen molar-refractivity contribution in [2.45, 2.75) is 19.2 Å². The number of anilines is 2. The maximum Gasteiger partial charge on any atom is 0.573 e. The second kappa shape index (κ2) is 6.43. The largest absolute Gasteiger partial charge is 0.573 e. The molecule has 24 heavy (non-hydrogen) atoms. The van der Waals surface area contributed by atoms with Crippen molar-refractivity contribution >= 4 is 17.3 Å². The molecule has 0 spiro atoms. The number of rotatable bonds is 2. The molecule has 0 bridgehead atoms. The zero-order chi connectivity index (χ0) is 17.2. The van der Waals surface area contributed by atoms with E-state index in [1.54, 1.807) is 11.0 Å². The average molecular weight is 335 g/mol. The van der Waals surface area contributed by atoms with E-state index in [9.17, 15) is 13.2 Å². The Kier molecular flexibility index (Phi) is 4.33. The van der Waals surface area contributed by atoms with Gasteiger partial charge in [0.1, 0.15) is 0 Å². The third kappa shape index (κ3) is 3.61. The second-order valence-electron chi connectivity index (χ2n) is 5.40. The molecule has 0 fully saturated rings. The summed E-state index contributed by atoms with van der Waals surface area (Å²) in [4.78, 5) is 1.75. The van der Waals surface area contributed by atoms with Gasteiger partial charge >= 0.3 is 6.36 Å². The molecule has 2 aromatic rings. The summed E-state index contributed by atoms with van der Waals surface area (Å²) in [5, 5.41) is 11.0. The van der Waals surface area contributed by atoms with E-state index < -0.39 is 6.36 Å². The first kappa shape index (κ1) is 16.2. The van der Waals surface area contributed by atoms with Gasteiger partial charge in [-0.1, -0.05) is 30.3 Å². The fourth-order valence-electron chi connectivity index (χ4n) is 2.74. The summed E-state index contributed by atoms with van der Waals surface area (Å²) < 4.78 is 41.5. The lowest BCUT2D eigenvalue weighted by Crippen LogP contribution is -2.39. The molecule has 0 unspecified atom stereocenters. The van der Waals surface area contributed by atoms with Gasteiger partial charge in [0.15, 0.2) is 11.7 Å². The van der Waals surface area contributed by atoms with Crippen LogP contribution < -0.4 is 15.0 Å². The average Bonchev–Trinajstić information content (AvgIpc) is 2.55. The maximum absolute atomic E-state index is 12.5. The number of hydrogen-bond acceptors (Lipinski definition) is 2. The van der Waals surface area contributed by atoms with E-state index in [4.69, 9.17) is 5.41 Å². The van der Waals surface area contributed by atoms with E-state index in [2.05, 4.69) is 10.1 Å². The predicted octanol–water partition coefficient (Wildman–Crippen LogP) is 4.38. The van der Waals surface area contributed by atoms with Gasteiger partial charge < -0.3 is 15.0 Å². The fourth-order valence-corrected chi connectivity index (χ4v) is 2.74. The van der Waals surface area contributed by atoms with Crippen LogP contribution in [0.15, 0.2) is 48.5 Å². The molecule has 1 aliphatic rings. The molecular weight excluding hydrogens is 319 g/mol. The normalized spacial score (nSPS) is 14.0. The summed E-state index contributed by atoms with van der Waals surface area (Å²) in [6.07, 6.45) is -2.98. The van der Waals surface area contributed by atoms with Crippen LogP contribution in [0, 0.1) is 5.41 Å². The number of para-hydroxylation sites is 3. The van der Waals surface area contributed by atoms with Crippen molar-refractivity contribution in [2.24, 2.45) is 0 Å². The number of benzene rings is 2. The van der Waals surface area contributed by atoms with Crippen molar-refractivity contribution < 1.29 is 17.9 Å². The van der Waals surface area contributed by atoms with Crippen LogP contribution in [-0.2, 0) is 6.42 Å². The van der Waals surface area contributed by atoms with Gasteiger partial charge in [0, 0.05) is 12.2 Å². The molecule has 1 aliphatic heterocycles. The molecule has 0 aromatic heterocycles. The van der Waals surface area contributed by atoms with Crippen molar-refractivity contribution in [1.82, 2.24) is 0 Å². The number of aryl methyl sites for hydroxylation is 1. The highest BCUT2D eigenvalue weighted by atomic mass is 19.4. The molecule has 0 amide bonds. The Morgan fingerprint density at radius 2 is 1.79 bits per heavy atom. The van der Waals surface area contributed by atoms with Gasteiger partial charge in [0.05, 0.1) is 5.69 Å². The smallest absolute Gasteiger partial charge is 0.404 e. The van der Waals surface area contributed by atoms with Crippen LogP contribution in [-0.4, -0.2) is 18.9 Å². The maximum atomic E-state index is 12.5. The highest BCUT2D eigenvalue weighted by Crippen LogP contribution is 2.31. The van der Waals surface area contributed by atoms with Gasteiger partial charge in [-0.3, -0.25) is 5.41 Å². The number of halogens is 3. The first-order valence-corrected chi connectivity index (χ1v) is 7.50. The van der Waals surface area contributed by atoms with E-state index in [0.717, 1.165) is 24.1 Å². The summed E-state index contributed by atoms with van der Waals surface area (Å²) in [7, 11) is 0. The van der Waals surface area contributed by atoms with Gasteiger partial charge in [-0.15, -0.1) is 13.2 Å². The number of alkyl halides is 3. The van der Waals surface area contributed by atoms with Crippen LogP contribution in [0.4, 0.5) is 24.5 Å². The minimum absolute atomic E-state index is 0.0142. The zero-order valence-corrected chi connectivity index (χ0v) is 12.7. The molecule has 2 N–H and O–H groups in total. The van der Waals surface area contributed by atoms with Crippen molar-refractivity contribution in [2.75, 3.05) is 16.8 Å². The first-order valence-electron chi connectivity index (χ1n) is 7.50. The summed E-state index contributed by atoms with van der Waals surface area (Å²) in [6, 6.07) is 13.4. The molecule has 0 atom stereocenters. The van der Waals surface area contributed by atoms with Gasteiger partial charge in [-0.2, -0.15) is 0 Å². The van der Waals surface area contributed by atoms with Crippen LogP contribution in [0.3, 0.4) is 0 Å². The minimum atomic E-state index is -4.78.